The minimum atomic E-state index is 0.632. The van der Waals surface area contributed by atoms with E-state index in [1.54, 1.807) is 0 Å². The van der Waals surface area contributed by atoms with Gasteiger partial charge in [-0.05, 0) is 19.1 Å². The van der Waals surface area contributed by atoms with Crippen LogP contribution in [0.2, 0.25) is 0 Å². The molecule has 0 aromatic carbocycles. The fraction of sp³-hybridized carbons (Fsp3) is 0.250. The van der Waals surface area contributed by atoms with Crippen LogP contribution in [0.25, 0.3) is 0 Å². The number of hydrogen-bond donors (Lipinski definition) is 3. The van der Waals surface area contributed by atoms with Gasteiger partial charge in [-0.3, -0.25) is 0 Å². The third-order valence-electron chi connectivity index (χ3n) is 0.888. The molecule has 0 atom stereocenters. The van der Waals surface area contributed by atoms with Crippen LogP contribution in [0.1, 0.15) is 5.69 Å². The Morgan fingerprint density at radius 2 is 2.12 bits per heavy atom. The van der Waals surface area contributed by atoms with E-state index in [9.17, 15) is 0 Å². The lowest BCUT2D eigenvalue weighted by atomic mass is 10.6. The smallest absolute Gasteiger partial charge is 0.175 e. The zero-order valence-electron chi connectivity index (χ0n) is 4.36. The zero-order valence-corrected chi connectivity index (χ0v) is 6.07. The monoisotopic (exact) mass is 146 g/mol. The Balaban J connectivity index is 3.35. The van der Waals surface area contributed by atoms with Gasteiger partial charge in [-0.2, -0.15) is 0 Å². The van der Waals surface area contributed by atoms with Crippen LogP contribution in [-0.2, 0) is 0 Å². The highest BCUT2D eigenvalue weighted by atomic mass is 32.1. The van der Waals surface area contributed by atoms with Gasteiger partial charge in [0, 0.05) is 5.69 Å². The molecule has 4 heteroatoms. The molecule has 0 saturated carbocycles. The van der Waals surface area contributed by atoms with Gasteiger partial charge in [0.25, 0.3) is 0 Å². The third-order valence-corrected chi connectivity index (χ3v) is 1.54. The van der Waals surface area contributed by atoms with Crippen LogP contribution in [0.15, 0.2) is 5.03 Å². The maximum atomic E-state index is 4.76. The van der Waals surface area contributed by atoms with Crippen molar-refractivity contribution in [1.82, 2.24) is 9.97 Å². The summed E-state index contributed by atoms with van der Waals surface area (Å²) in [7, 11) is 0. The summed E-state index contributed by atoms with van der Waals surface area (Å²) in [6, 6.07) is 0. The van der Waals surface area contributed by atoms with E-state index in [-0.39, 0.29) is 0 Å². The van der Waals surface area contributed by atoms with Gasteiger partial charge in [0.2, 0.25) is 0 Å². The minimum absolute atomic E-state index is 0.632. The summed E-state index contributed by atoms with van der Waals surface area (Å²) in [6.07, 6.45) is 0. The zero-order chi connectivity index (χ0) is 6.15. The molecule has 8 heavy (non-hydrogen) atoms. The Kier molecular flexibility index (Phi) is 1.44. The Hall–Kier alpha value is -0.220. The van der Waals surface area contributed by atoms with Crippen molar-refractivity contribution in [3.63, 3.8) is 0 Å². The molecule has 2 N–H and O–H groups in total. The first-order valence-electron chi connectivity index (χ1n) is 2.18. The second-order valence-electron chi connectivity index (χ2n) is 1.55. The van der Waals surface area contributed by atoms with E-state index in [0.29, 0.717) is 4.77 Å². The molecule has 0 spiro atoms. The molecule has 1 heterocycles. The van der Waals surface area contributed by atoms with Crippen molar-refractivity contribution in [2.75, 3.05) is 0 Å². The maximum Gasteiger partial charge on any atom is 0.175 e. The molecular weight excluding hydrogens is 140 g/mol. The van der Waals surface area contributed by atoms with Crippen molar-refractivity contribution in [2.24, 2.45) is 0 Å². The van der Waals surface area contributed by atoms with E-state index in [0.717, 1.165) is 10.7 Å². The molecular formula is C4H6N2S2. The lowest BCUT2D eigenvalue weighted by molar-refractivity contribution is 1.16. The summed E-state index contributed by atoms with van der Waals surface area (Å²) < 4.78 is 0.632. The first-order valence-corrected chi connectivity index (χ1v) is 3.03. The van der Waals surface area contributed by atoms with E-state index >= 15 is 0 Å². The Morgan fingerprint density at radius 3 is 2.25 bits per heavy atom. The molecule has 0 amide bonds. The first kappa shape index (κ1) is 5.91. The molecule has 44 valence electrons. The van der Waals surface area contributed by atoms with Crippen LogP contribution in [0.5, 0.6) is 0 Å². The number of imidazole rings is 1. The quantitative estimate of drug-likeness (QED) is 0.377. The molecule has 2 nitrogen and oxygen atoms in total. The Morgan fingerprint density at radius 1 is 1.50 bits per heavy atom. The Labute approximate surface area is 57.7 Å². The number of aryl methyl sites for hydroxylation is 1. The fourth-order valence-corrected chi connectivity index (χ4v) is 0.961. The number of aromatic amines is 2. The average molecular weight is 146 g/mol. The second-order valence-corrected chi connectivity index (χ2v) is 2.41. The lowest BCUT2D eigenvalue weighted by Gasteiger charge is -1.79. The molecule has 0 fully saturated rings. The summed E-state index contributed by atoms with van der Waals surface area (Å²) in [4.78, 5) is 5.72. The van der Waals surface area contributed by atoms with Crippen LogP contribution < -0.4 is 0 Å². The molecule has 0 radical (unpaired) electrons. The van der Waals surface area contributed by atoms with Crippen molar-refractivity contribution in [1.29, 1.82) is 0 Å². The molecule has 1 aromatic rings. The summed E-state index contributed by atoms with van der Waals surface area (Å²) in [5.41, 5.74) is 0.985. The highest BCUT2D eigenvalue weighted by Crippen LogP contribution is 2.04. The number of nitrogens with one attached hydrogen (secondary N) is 2. The van der Waals surface area contributed by atoms with Crippen molar-refractivity contribution in [3.05, 3.63) is 10.5 Å². The van der Waals surface area contributed by atoms with Gasteiger partial charge in [0.1, 0.15) is 0 Å². The Bertz CT molecular complexity index is 212. The molecule has 0 unspecified atom stereocenters. The van der Waals surface area contributed by atoms with Crippen molar-refractivity contribution in [2.45, 2.75) is 11.9 Å². The number of thiol groups is 1. The van der Waals surface area contributed by atoms with E-state index in [4.69, 9.17) is 12.2 Å². The van der Waals surface area contributed by atoms with E-state index in [2.05, 4.69) is 22.6 Å². The fourth-order valence-electron chi connectivity index (χ4n) is 0.462. The second kappa shape index (κ2) is 1.95. The predicted octanol–water partition coefficient (Wildman–Crippen LogP) is 1.67. The van der Waals surface area contributed by atoms with E-state index in [1.165, 1.54) is 0 Å². The van der Waals surface area contributed by atoms with Crippen LogP contribution in [-0.4, -0.2) is 9.97 Å². The van der Waals surface area contributed by atoms with Gasteiger partial charge in [-0.25, -0.2) is 0 Å². The highest BCUT2D eigenvalue weighted by Gasteiger charge is 1.90. The van der Waals surface area contributed by atoms with Crippen molar-refractivity contribution in [3.8, 4) is 0 Å². The predicted molar refractivity (Wildman–Crippen MR) is 38.0 cm³/mol. The molecule has 0 aliphatic heterocycles. The van der Waals surface area contributed by atoms with Crippen molar-refractivity contribution < 1.29 is 0 Å². The van der Waals surface area contributed by atoms with Gasteiger partial charge in [0.15, 0.2) is 4.77 Å². The molecule has 0 aliphatic rings. The number of rotatable bonds is 0. The summed E-state index contributed by atoms with van der Waals surface area (Å²) in [6.45, 7) is 1.91. The summed E-state index contributed by atoms with van der Waals surface area (Å²) in [5, 5.41) is 0.815. The molecule has 1 rings (SSSR count). The van der Waals surface area contributed by atoms with Gasteiger partial charge in [-0.1, -0.05) is 0 Å². The number of aromatic nitrogens is 2. The number of H-pyrrole nitrogens is 2. The first-order chi connectivity index (χ1) is 3.70. The topological polar surface area (TPSA) is 31.6 Å². The summed E-state index contributed by atoms with van der Waals surface area (Å²) in [5.74, 6) is 0. The minimum Gasteiger partial charge on any atom is -0.334 e. The highest BCUT2D eigenvalue weighted by molar-refractivity contribution is 7.80. The van der Waals surface area contributed by atoms with Gasteiger partial charge >= 0.3 is 0 Å². The molecule has 0 bridgehead atoms. The van der Waals surface area contributed by atoms with E-state index < -0.39 is 0 Å². The lowest BCUT2D eigenvalue weighted by Crippen LogP contribution is -1.66. The maximum absolute atomic E-state index is 4.76. The standard InChI is InChI=1S/C4H6N2S2/c1-2-3(7)6-4(8)5-2/h7H,1H3,(H2,5,6,8). The average Bonchev–Trinajstić information content (AvgIpc) is 1.85. The normalized spacial score (nSPS) is 9.75. The number of hydrogen-bond acceptors (Lipinski definition) is 2. The van der Waals surface area contributed by atoms with Crippen LogP contribution >= 0.6 is 24.8 Å². The van der Waals surface area contributed by atoms with Crippen LogP contribution in [0.3, 0.4) is 0 Å². The molecule has 0 aliphatic carbocycles. The van der Waals surface area contributed by atoms with E-state index in [1.807, 2.05) is 6.92 Å². The molecule has 0 saturated heterocycles. The van der Waals surface area contributed by atoms with Crippen LogP contribution in [0.4, 0.5) is 0 Å². The van der Waals surface area contributed by atoms with Gasteiger partial charge < -0.3 is 9.97 Å². The molecule has 1 aromatic heterocycles. The van der Waals surface area contributed by atoms with Gasteiger partial charge in [0.05, 0.1) is 5.03 Å². The van der Waals surface area contributed by atoms with Gasteiger partial charge in [-0.15, -0.1) is 12.6 Å². The summed E-state index contributed by atoms with van der Waals surface area (Å²) >= 11 is 8.83. The largest absolute Gasteiger partial charge is 0.334 e. The van der Waals surface area contributed by atoms with Crippen molar-refractivity contribution >= 4 is 24.8 Å². The third kappa shape index (κ3) is 0.952. The van der Waals surface area contributed by atoms with Crippen LogP contribution in [0, 0.1) is 11.7 Å². The SMILES string of the molecule is Cc1[nH]c(=S)[nH]c1S.